The van der Waals surface area contributed by atoms with E-state index in [1.165, 1.54) is 24.3 Å². The molecule has 5 rings (SSSR count). The summed E-state index contributed by atoms with van der Waals surface area (Å²) in [6.07, 6.45) is 2.18. The molecule has 0 radical (unpaired) electrons. The van der Waals surface area contributed by atoms with Gasteiger partial charge in [-0.25, -0.2) is 9.18 Å². The maximum Gasteiger partial charge on any atom is 0.407 e. The van der Waals surface area contributed by atoms with Crippen LogP contribution in [0.2, 0.25) is 5.02 Å². The molecule has 3 aromatic rings. The van der Waals surface area contributed by atoms with Gasteiger partial charge in [-0.15, -0.1) is 0 Å². The Morgan fingerprint density at radius 2 is 2.26 bits per heavy atom. The van der Waals surface area contributed by atoms with E-state index in [1.54, 1.807) is 12.3 Å². The zero-order valence-corrected chi connectivity index (χ0v) is 21.1. The Bertz CT molecular complexity index is 1380. The number of H-pyrrole nitrogens is 1. The molecule has 2 amide bonds. The number of hydrogen-bond acceptors (Lipinski definition) is 7. The molecule has 1 fully saturated rings. The molecule has 11 nitrogen and oxygen atoms in total. The summed E-state index contributed by atoms with van der Waals surface area (Å²) in [5, 5.41) is 15.3. The number of carboxylic acid groups (broad SMARTS) is 1. The molecule has 1 saturated heterocycles. The number of amides is 2. The van der Waals surface area contributed by atoms with Crippen molar-refractivity contribution in [1.82, 2.24) is 20.2 Å². The molecule has 200 valence electrons. The molecule has 0 bridgehead atoms. The number of anilines is 2. The second-order valence-corrected chi connectivity index (χ2v) is 9.14. The molecule has 4 heterocycles. The summed E-state index contributed by atoms with van der Waals surface area (Å²) < 4.78 is 31.4. The Balaban J connectivity index is 1.52. The maximum absolute atomic E-state index is 14.3. The summed E-state index contributed by atoms with van der Waals surface area (Å²) in [7, 11) is 1.41. The number of pyridine rings is 1. The molecule has 0 aliphatic carbocycles. The van der Waals surface area contributed by atoms with Crippen LogP contribution in [-0.4, -0.2) is 78.0 Å². The van der Waals surface area contributed by atoms with Crippen LogP contribution in [0.15, 0.2) is 30.6 Å². The summed E-state index contributed by atoms with van der Waals surface area (Å²) >= 11 is 6.20. The number of nitrogens with zero attached hydrogens (tertiary/aromatic N) is 2. The number of carbonyl (C=O) groups excluding carboxylic acids is 1. The predicted molar refractivity (Wildman–Crippen MR) is 136 cm³/mol. The van der Waals surface area contributed by atoms with Gasteiger partial charge >= 0.3 is 6.09 Å². The number of halogens is 2. The third-order valence-corrected chi connectivity index (χ3v) is 6.61. The van der Waals surface area contributed by atoms with Gasteiger partial charge in [0.15, 0.2) is 5.75 Å². The number of hydrogen-bond donors (Lipinski definition) is 4. The lowest BCUT2D eigenvalue weighted by Crippen LogP contribution is -2.47. The van der Waals surface area contributed by atoms with Crippen molar-refractivity contribution >= 4 is 35.0 Å². The van der Waals surface area contributed by atoms with Crippen molar-refractivity contribution < 1.29 is 33.3 Å². The summed E-state index contributed by atoms with van der Waals surface area (Å²) in [6.45, 7) is 1.28. The van der Waals surface area contributed by atoms with E-state index in [9.17, 15) is 19.1 Å². The van der Waals surface area contributed by atoms with Gasteiger partial charge in [-0.1, -0.05) is 11.6 Å². The Hall–Kier alpha value is -4.03. The van der Waals surface area contributed by atoms with Crippen molar-refractivity contribution in [3.8, 4) is 22.8 Å². The van der Waals surface area contributed by atoms with E-state index in [0.717, 1.165) is 6.07 Å². The minimum Gasteiger partial charge on any atom is -0.493 e. The molecule has 38 heavy (non-hydrogen) atoms. The zero-order valence-electron chi connectivity index (χ0n) is 20.3. The lowest BCUT2D eigenvalue weighted by molar-refractivity contribution is -0.0411. The fourth-order valence-corrected chi connectivity index (χ4v) is 4.86. The second-order valence-electron chi connectivity index (χ2n) is 8.73. The highest BCUT2D eigenvalue weighted by Gasteiger charge is 2.30. The van der Waals surface area contributed by atoms with E-state index in [4.69, 9.17) is 25.8 Å². The molecule has 0 unspecified atom stereocenters. The van der Waals surface area contributed by atoms with Crippen LogP contribution < -0.4 is 20.1 Å². The molecule has 2 aliphatic rings. The van der Waals surface area contributed by atoms with Crippen LogP contribution in [0, 0.1) is 5.82 Å². The summed E-state index contributed by atoms with van der Waals surface area (Å²) in [5.74, 6) is -0.271. The fourth-order valence-electron chi connectivity index (χ4n) is 4.58. The first-order chi connectivity index (χ1) is 18.4. The van der Waals surface area contributed by atoms with Crippen molar-refractivity contribution in [3.05, 3.63) is 52.7 Å². The first-order valence-corrected chi connectivity index (χ1v) is 12.2. The Morgan fingerprint density at radius 3 is 3.05 bits per heavy atom. The predicted octanol–water partition coefficient (Wildman–Crippen LogP) is 3.66. The van der Waals surface area contributed by atoms with E-state index >= 15 is 0 Å². The minimum absolute atomic E-state index is 0.0706. The number of nitrogens with one attached hydrogen (secondary N) is 3. The number of aromatic amines is 1. The van der Waals surface area contributed by atoms with E-state index in [0.29, 0.717) is 53.5 Å². The van der Waals surface area contributed by atoms with Crippen LogP contribution in [0.3, 0.4) is 0 Å². The molecule has 0 saturated carbocycles. The molecule has 1 atom stereocenters. The van der Waals surface area contributed by atoms with Crippen molar-refractivity contribution in [3.63, 3.8) is 0 Å². The molecule has 1 aromatic carbocycles. The average Bonchev–Trinajstić information content (AvgIpc) is 3.27. The van der Waals surface area contributed by atoms with Gasteiger partial charge in [0.05, 0.1) is 54.1 Å². The van der Waals surface area contributed by atoms with Crippen LogP contribution in [0.5, 0.6) is 11.5 Å². The summed E-state index contributed by atoms with van der Waals surface area (Å²) in [5.41, 5.74) is 2.80. The number of rotatable bonds is 7. The maximum atomic E-state index is 14.3. The van der Waals surface area contributed by atoms with Crippen LogP contribution in [0.25, 0.3) is 11.3 Å². The monoisotopic (exact) mass is 545 g/mol. The number of methoxy groups -OCH3 is 1. The van der Waals surface area contributed by atoms with Crippen molar-refractivity contribution in [2.24, 2.45) is 0 Å². The van der Waals surface area contributed by atoms with E-state index in [-0.39, 0.29) is 42.1 Å². The van der Waals surface area contributed by atoms with Gasteiger partial charge in [-0.05, 0) is 12.1 Å². The van der Waals surface area contributed by atoms with E-state index < -0.39 is 18.0 Å². The van der Waals surface area contributed by atoms with Crippen molar-refractivity contribution in [2.75, 3.05) is 45.3 Å². The zero-order chi connectivity index (χ0) is 26.8. The van der Waals surface area contributed by atoms with Crippen molar-refractivity contribution in [1.29, 1.82) is 0 Å². The third kappa shape index (κ3) is 5.04. The molecule has 2 aliphatic heterocycles. The molecular weight excluding hydrogens is 521 g/mol. The minimum atomic E-state index is -1.01. The average molecular weight is 546 g/mol. The molecule has 0 spiro atoms. The van der Waals surface area contributed by atoms with Gasteiger partial charge in [0, 0.05) is 43.0 Å². The van der Waals surface area contributed by atoms with Crippen LogP contribution in [-0.2, 0) is 11.2 Å². The molecule has 13 heteroatoms. The van der Waals surface area contributed by atoms with Crippen molar-refractivity contribution in [2.45, 2.75) is 12.5 Å². The fraction of sp³-hybridized carbons (Fsp3) is 0.320. The van der Waals surface area contributed by atoms with E-state index in [2.05, 4.69) is 20.6 Å². The van der Waals surface area contributed by atoms with Crippen LogP contribution >= 0.6 is 11.6 Å². The molecule has 4 N–H and O–H groups in total. The van der Waals surface area contributed by atoms with E-state index in [1.807, 2.05) is 0 Å². The number of carbonyl (C=O) groups is 2. The van der Waals surface area contributed by atoms with Gasteiger partial charge in [0.2, 0.25) is 0 Å². The van der Waals surface area contributed by atoms with Crippen LogP contribution in [0.1, 0.15) is 16.1 Å². The second kappa shape index (κ2) is 10.8. The number of benzene rings is 1. The summed E-state index contributed by atoms with van der Waals surface area (Å²) in [4.78, 5) is 33.0. The number of morpholine rings is 1. The normalized spacial score (nSPS) is 17.0. The summed E-state index contributed by atoms with van der Waals surface area (Å²) in [6, 6.07) is 4.09. The lowest BCUT2D eigenvalue weighted by Gasteiger charge is -2.30. The first kappa shape index (κ1) is 25.6. The Morgan fingerprint density at radius 1 is 1.42 bits per heavy atom. The number of fused-ring (bicyclic) bond motifs is 1. The first-order valence-electron chi connectivity index (χ1n) is 11.9. The largest absolute Gasteiger partial charge is 0.493 e. The third-order valence-electron chi connectivity index (χ3n) is 6.33. The van der Waals surface area contributed by atoms with Gasteiger partial charge in [-0.2, -0.15) is 0 Å². The molecular formula is C25H25ClFN5O6. The topological polar surface area (TPSA) is 138 Å². The van der Waals surface area contributed by atoms with Crippen LogP contribution in [0.4, 0.5) is 20.6 Å². The van der Waals surface area contributed by atoms with Gasteiger partial charge < -0.3 is 39.8 Å². The quantitative estimate of drug-likeness (QED) is 0.353. The Labute approximate surface area is 221 Å². The number of aromatic nitrogens is 2. The van der Waals surface area contributed by atoms with Gasteiger partial charge in [-0.3, -0.25) is 9.78 Å². The van der Waals surface area contributed by atoms with Gasteiger partial charge in [0.1, 0.15) is 24.3 Å². The lowest BCUT2D eigenvalue weighted by atomic mass is 10.0. The highest BCUT2D eigenvalue weighted by Crippen LogP contribution is 2.43. The molecule has 2 aromatic heterocycles. The smallest absolute Gasteiger partial charge is 0.407 e. The highest BCUT2D eigenvalue weighted by atomic mass is 35.5. The SMILES string of the molecule is COc1c(Cl)cc(F)cc1Nc1c(-c2ccncc2OC[C@@H]2CN(C(=O)O)CCO2)[nH]c2c1C(=O)NCC2. The highest BCUT2D eigenvalue weighted by molar-refractivity contribution is 6.32. The Kier molecular flexibility index (Phi) is 7.25. The number of ether oxygens (including phenoxy) is 3. The van der Waals surface area contributed by atoms with Gasteiger partial charge in [0.25, 0.3) is 5.91 Å². The standard InChI is InChI=1S/C25H25ClFN5O6/c1-36-23-16(26)8-13(27)9-18(23)31-22-20-17(3-5-29-24(20)33)30-21(22)15-2-4-28-10-19(15)38-12-14-11-32(25(34)35)6-7-37-14/h2,4,8-10,14,30-31H,3,5-7,11-12H2,1H3,(H,29,33)(H,34,35)/t14-/m0/s1.